The Kier molecular flexibility index (Phi) is 9.45. The molecule has 3 N–H and O–H groups in total. The molecular weight excluding hydrogens is 438 g/mol. The first-order valence-electron chi connectivity index (χ1n) is 10.6. The van der Waals surface area contributed by atoms with Gasteiger partial charge in [0.05, 0.1) is 12.7 Å². The van der Waals surface area contributed by atoms with Crippen LogP contribution >= 0.6 is 0 Å². The lowest BCUT2D eigenvalue weighted by Gasteiger charge is -2.29. The van der Waals surface area contributed by atoms with Crippen molar-refractivity contribution in [1.29, 1.82) is 0 Å². The highest BCUT2D eigenvalue weighted by Crippen LogP contribution is 2.29. The van der Waals surface area contributed by atoms with Gasteiger partial charge >= 0.3 is 12.0 Å². The van der Waals surface area contributed by atoms with Crippen LogP contribution in [0, 0.1) is 5.92 Å². The number of methoxy groups -OCH3 is 1. The molecule has 2 atom stereocenters. The fourth-order valence-electron chi connectivity index (χ4n) is 3.43. The van der Waals surface area contributed by atoms with Crippen LogP contribution in [0.3, 0.4) is 0 Å². The molecule has 2 unspecified atom stereocenters. The summed E-state index contributed by atoms with van der Waals surface area (Å²) in [6.07, 6.45) is 4.39. The van der Waals surface area contributed by atoms with Crippen LogP contribution in [0.2, 0.25) is 0 Å². The molecule has 0 saturated heterocycles. The van der Waals surface area contributed by atoms with Gasteiger partial charge in [0.25, 0.3) is 5.91 Å². The topological polar surface area (TPSA) is 140 Å². The van der Waals surface area contributed by atoms with E-state index in [4.69, 9.17) is 9.47 Å². The number of nitrogens with one attached hydrogen (secondary N) is 3. The summed E-state index contributed by atoms with van der Waals surface area (Å²) in [7, 11) is -2.63. The summed E-state index contributed by atoms with van der Waals surface area (Å²) in [5.41, 5.74) is -0.0638. The van der Waals surface area contributed by atoms with Crippen molar-refractivity contribution in [2.24, 2.45) is 5.92 Å². The number of amides is 3. The van der Waals surface area contributed by atoms with E-state index in [1.165, 1.54) is 19.2 Å². The number of urea groups is 1. The predicted molar refractivity (Wildman–Crippen MR) is 117 cm³/mol. The molecular formula is C21H31N3O7S. The molecule has 0 radical (unpaired) electrons. The van der Waals surface area contributed by atoms with Crippen molar-refractivity contribution in [3.05, 3.63) is 23.8 Å². The maximum atomic E-state index is 13.0. The molecule has 1 aliphatic rings. The van der Waals surface area contributed by atoms with Gasteiger partial charge in [-0.3, -0.25) is 10.1 Å². The molecule has 0 spiro atoms. The average Bonchev–Trinajstić information content (AvgIpc) is 2.77. The van der Waals surface area contributed by atoms with Crippen molar-refractivity contribution in [3.63, 3.8) is 0 Å². The van der Waals surface area contributed by atoms with E-state index in [-0.39, 0.29) is 28.2 Å². The Morgan fingerprint density at radius 3 is 2.53 bits per heavy atom. The fourth-order valence-corrected chi connectivity index (χ4v) is 5.00. The third kappa shape index (κ3) is 7.20. The van der Waals surface area contributed by atoms with E-state index < -0.39 is 34.5 Å². The molecule has 0 aromatic heterocycles. The van der Waals surface area contributed by atoms with E-state index in [9.17, 15) is 22.8 Å². The molecule has 3 amide bonds. The highest BCUT2D eigenvalue weighted by molar-refractivity contribution is 7.89. The third-order valence-electron chi connectivity index (χ3n) is 5.23. The second kappa shape index (κ2) is 11.8. The molecule has 1 aromatic carbocycles. The summed E-state index contributed by atoms with van der Waals surface area (Å²) in [5, 5.41) is 4.49. The first-order chi connectivity index (χ1) is 15.2. The summed E-state index contributed by atoms with van der Waals surface area (Å²) < 4.78 is 38.9. The zero-order valence-corrected chi connectivity index (χ0v) is 19.4. The van der Waals surface area contributed by atoms with Crippen LogP contribution in [0.5, 0.6) is 5.75 Å². The molecule has 1 saturated carbocycles. The highest BCUT2D eigenvalue weighted by atomic mass is 32.2. The van der Waals surface area contributed by atoms with Crippen LogP contribution in [0.25, 0.3) is 0 Å². The van der Waals surface area contributed by atoms with E-state index in [1.807, 2.05) is 19.2 Å². The maximum absolute atomic E-state index is 13.0. The standard InChI is InChI=1S/C21H31N3O7S/c1-4-11-22-21(27)23-19(25)13-31-20(26)15-9-10-17(30-3)18(12-15)32(28,29)24-16-8-6-5-7-14(16)2/h9-10,12,14,16,24H,4-8,11,13H2,1-3H3,(H2,22,23,25,27). The van der Waals surface area contributed by atoms with Gasteiger partial charge in [0, 0.05) is 12.6 Å². The van der Waals surface area contributed by atoms with Crippen molar-refractivity contribution >= 4 is 27.9 Å². The number of hydrogen-bond donors (Lipinski definition) is 3. The Labute approximate surface area is 188 Å². The lowest BCUT2D eigenvalue weighted by Crippen LogP contribution is -2.41. The molecule has 0 heterocycles. The number of ether oxygens (including phenoxy) is 2. The lowest BCUT2D eigenvalue weighted by atomic mass is 9.87. The van der Waals surface area contributed by atoms with Crippen molar-refractivity contribution in [2.75, 3.05) is 20.3 Å². The Bertz CT molecular complexity index is 933. The van der Waals surface area contributed by atoms with Crippen LogP contribution in [-0.2, 0) is 19.6 Å². The molecule has 10 nitrogen and oxygen atoms in total. The Hall–Kier alpha value is -2.66. The zero-order chi connectivity index (χ0) is 23.7. The normalized spacial score (nSPS) is 18.5. The van der Waals surface area contributed by atoms with E-state index in [2.05, 4.69) is 10.0 Å². The third-order valence-corrected chi connectivity index (χ3v) is 6.74. The van der Waals surface area contributed by atoms with Gasteiger partial charge in [0.2, 0.25) is 10.0 Å². The zero-order valence-electron chi connectivity index (χ0n) is 18.6. The number of hydrogen-bond acceptors (Lipinski definition) is 7. The largest absolute Gasteiger partial charge is 0.495 e. The summed E-state index contributed by atoms with van der Waals surface area (Å²) in [6, 6.07) is 2.97. The summed E-state index contributed by atoms with van der Waals surface area (Å²) in [5.74, 6) is -1.42. The molecule has 32 heavy (non-hydrogen) atoms. The van der Waals surface area contributed by atoms with Crippen LogP contribution in [-0.4, -0.2) is 52.6 Å². The average molecular weight is 470 g/mol. The SMILES string of the molecule is CCCNC(=O)NC(=O)COC(=O)c1ccc(OC)c(S(=O)(=O)NC2CCCCC2C)c1. The second-order valence-corrected chi connectivity index (χ2v) is 9.42. The predicted octanol–water partition coefficient (Wildman–Crippen LogP) is 1.94. The van der Waals surface area contributed by atoms with E-state index in [0.29, 0.717) is 13.0 Å². The maximum Gasteiger partial charge on any atom is 0.338 e. The minimum atomic E-state index is -3.96. The summed E-state index contributed by atoms with van der Waals surface area (Å²) >= 11 is 0. The first kappa shape index (κ1) is 25.6. The van der Waals surface area contributed by atoms with Crippen LogP contribution in [0.15, 0.2) is 23.1 Å². The smallest absolute Gasteiger partial charge is 0.338 e. The van der Waals surface area contributed by atoms with Crippen molar-refractivity contribution in [3.8, 4) is 5.75 Å². The van der Waals surface area contributed by atoms with Gasteiger partial charge in [0.1, 0.15) is 10.6 Å². The van der Waals surface area contributed by atoms with Crippen molar-refractivity contribution < 1.29 is 32.3 Å². The fraction of sp³-hybridized carbons (Fsp3) is 0.571. The number of rotatable bonds is 9. The molecule has 1 aliphatic carbocycles. The molecule has 11 heteroatoms. The molecule has 0 bridgehead atoms. The first-order valence-corrected chi connectivity index (χ1v) is 12.1. The Morgan fingerprint density at radius 2 is 1.88 bits per heavy atom. The van der Waals surface area contributed by atoms with Gasteiger partial charge < -0.3 is 14.8 Å². The van der Waals surface area contributed by atoms with Crippen LogP contribution in [0.1, 0.15) is 56.3 Å². The van der Waals surface area contributed by atoms with Gasteiger partial charge in [-0.25, -0.2) is 22.7 Å². The lowest BCUT2D eigenvalue weighted by molar-refractivity contribution is -0.123. The molecule has 1 fully saturated rings. The number of esters is 1. The number of benzene rings is 1. The van der Waals surface area contributed by atoms with Crippen molar-refractivity contribution in [1.82, 2.24) is 15.4 Å². The highest BCUT2D eigenvalue weighted by Gasteiger charge is 2.29. The van der Waals surface area contributed by atoms with Gasteiger partial charge in [-0.1, -0.05) is 26.7 Å². The number of carbonyl (C=O) groups is 3. The molecule has 178 valence electrons. The monoisotopic (exact) mass is 469 g/mol. The Morgan fingerprint density at radius 1 is 1.16 bits per heavy atom. The molecule has 2 rings (SSSR count). The summed E-state index contributed by atoms with van der Waals surface area (Å²) in [6.45, 7) is 3.57. The van der Waals surface area contributed by atoms with Gasteiger partial charge in [-0.15, -0.1) is 0 Å². The van der Waals surface area contributed by atoms with Gasteiger partial charge in [0.15, 0.2) is 6.61 Å². The van der Waals surface area contributed by atoms with E-state index in [1.54, 1.807) is 0 Å². The minimum absolute atomic E-state index is 0.0638. The molecule has 0 aliphatic heterocycles. The summed E-state index contributed by atoms with van der Waals surface area (Å²) in [4.78, 5) is 35.4. The Balaban J connectivity index is 2.08. The minimum Gasteiger partial charge on any atom is -0.495 e. The van der Waals surface area contributed by atoms with Gasteiger partial charge in [-0.05, 0) is 43.4 Å². The number of carbonyl (C=O) groups excluding carboxylic acids is 3. The van der Waals surface area contributed by atoms with Crippen LogP contribution < -0.4 is 20.1 Å². The van der Waals surface area contributed by atoms with Crippen LogP contribution in [0.4, 0.5) is 4.79 Å². The molecule has 1 aromatic rings. The number of sulfonamides is 1. The second-order valence-electron chi connectivity index (χ2n) is 7.74. The van der Waals surface area contributed by atoms with Crippen molar-refractivity contribution in [2.45, 2.75) is 56.9 Å². The number of imide groups is 1. The van der Waals surface area contributed by atoms with E-state index in [0.717, 1.165) is 31.7 Å². The quantitative estimate of drug-likeness (QED) is 0.470. The van der Waals surface area contributed by atoms with Gasteiger partial charge in [-0.2, -0.15) is 0 Å². The van der Waals surface area contributed by atoms with E-state index >= 15 is 0 Å².